The van der Waals surface area contributed by atoms with Crippen molar-refractivity contribution < 1.29 is 19.3 Å². The van der Waals surface area contributed by atoms with Crippen LogP contribution in [0.25, 0.3) is 0 Å². The number of ether oxygens (including phenoxy) is 3. The number of aliphatic hydroxyl groups excluding tert-OH is 1. The summed E-state index contributed by atoms with van der Waals surface area (Å²) in [5.74, 6) is 2.01. The van der Waals surface area contributed by atoms with E-state index in [4.69, 9.17) is 19.3 Å². The largest absolute Gasteiger partial charge is 0.493 e. The first-order chi connectivity index (χ1) is 12.2. The fourth-order valence-corrected chi connectivity index (χ4v) is 2.88. The molecule has 0 heterocycles. The summed E-state index contributed by atoms with van der Waals surface area (Å²) in [5, 5.41) is 8.85. The molecule has 136 valence electrons. The van der Waals surface area contributed by atoms with Gasteiger partial charge in [-0.1, -0.05) is 24.3 Å². The Kier molecular flexibility index (Phi) is 7.61. The fourth-order valence-electron chi connectivity index (χ4n) is 2.88. The summed E-state index contributed by atoms with van der Waals surface area (Å²) in [6.45, 7) is 0.271. The van der Waals surface area contributed by atoms with Crippen molar-refractivity contribution in [3.05, 3.63) is 53.1 Å². The number of benzene rings is 2. The van der Waals surface area contributed by atoms with Crippen LogP contribution in [0.2, 0.25) is 0 Å². The average molecular weight is 344 g/mol. The molecule has 1 N–H and O–H groups in total. The monoisotopic (exact) mass is 344 g/mol. The van der Waals surface area contributed by atoms with Gasteiger partial charge in [-0.05, 0) is 60.9 Å². The van der Waals surface area contributed by atoms with E-state index in [2.05, 4.69) is 24.3 Å². The van der Waals surface area contributed by atoms with Crippen LogP contribution in [0.5, 0.6) is 17.2 Å². The van der Waals surface area contributed by atoms with Crippen LogP contribution in [-0.4, -0.2) is 33.0 Å². The first-order valence-electron chi connectivity index (χ1n) is 8.69. The van der Waals surface area contributed by atoms with Crippen LogP contribution in [-0.2, 0) is 19.3 Å². The summed E-state index contributed by atoms with van der Waals surface area (Å²) < 4.78 is 16.2. The van der Waals surface area contributed by atoms with Crippen molar-refractivity contribution in [3.63, 3.8) is 0 Å². The van der Waals surface area contributed by atoms with Crippen LogP contribution in [0.4, 0.5) is 0 Å². The van der Waals surface area contributed by atoms with Gasteiger partial charge in [0.15, 0.2) is 11.5 Å². The Morgan fingerprint density at radius 1 is 0.680 bits per heavy atom. The molecule has 0 saturated heterocycles. The van der Waals surface area contributed by atoms with E-state index in [1.807, 2.05) is 12.1 Å². The van der Waals surface area contributed by atoms with Gasteiger partial charge in [0, 0.05) is 6.61 Å². The van der Waals surface area contributed by atoms with Crippen molar-refractivity contribution in [3.8, 4) is 17.2 Å². The Bertz CT molecular complexity index is 624. The Balaban J connectivity index is 2.01. The Labute approximate surface area is 150 Å². The van der Waals surface area contributed by atoms with Crippen molar-refractivity contribution in [1.29, 1.82) is 0 Å². The van der Waals surface area contributed by atoms with Crippen molar-refractivity contribution in [2.24, 2.45) is 0 Å². The second-order valence-corrected chi connectivity index (χ2v) is 6.03. The van der Waals surface area contributed by atoms with Gasteiger partial charge in [0.2, 0.25) is 5.75 Å². The summed E-state index contributed by atoms with van der Waals surface area (Å²) >= 11 is 0. The third-order valence-corrected chi connectivity index (χ3v) is 4.32. The lowest BCUT2D eigenvalue weighted by Crippen LogP contribution is -1.98. The van der Waals surface area contributed by atoms with Gasteiger partial charge in [-0.2, -0.15) is 0 Å². The minimum absolute atomic E-state index is 0.271. The topological polar surface area (TPSA) is 47.9 Å². The molecule has 0 saturated carbocycles. The molecule has 0 aliphatic heterocycles. The lowest BCUT2D eigenvalue weighted by atomic mass is 10.0. The minimum atomic E-state index is 0.271. The lowest BCUT2D eigenvalue weighted by molar-refractivity contribution is 0.284. The third-order valence-electron chi connectivity index (χ3n) is 4.32. The number of unbranched alkanes of at least 4 members (excludes halogenated alkanes) is 1. The van der Waals surface area contributed by atoms with E-state index in [9.17, 15) is 0 Å². The molecule has 2 rings (SSSR count). The summed E-state index contributed by atoms with van der Waals surface area (Å²) in [5.41, 5.74) is 3.78. The predicted molar refractivity (Wildman–Crippen MR) is 100.0 cm³/mol. The molecule has 25 heavy (non-hydrogen) atoms. The molecule has 4 nitrogen and oxygen atoms in total. The summed E-state index contributed by atoms with van der Waals surface area (Å²) in [4.78, 5) is 0. The zero-order valence-corrected chi connectivity index (χ0v) is 15.4. The predicted octanol–water partition coefficient (Wildman–Crippen LogP) is 3.81. The van der Waals surface area contributed by atoms with Crippen LogP contribution in [0.1, 0.15) is 29.5 Å². The van der Waals surface area contributed by atoms with Crippen molar-refractivity contribution in [2.75, 3.05) is 27.9 Å². The molecule has 0 spiro atoms. The van der Waals surface area contributed by atoms with E-state index < -0.39 is 0 Å². The van der Waals surface area contributed by atoms with Gasteiger partial charge < -0.3 is 19.3 Å². The number of aryl methyl sites for hydroxylation is 3. The van der Waals surface area contributed by atoms with E-state index >= 15 is 0 Å². The van der Waals surface area contributed by atoms with Gasteiger partial charge >= 0.3 is 0 Å². The molecular weight excluding hydrogens is 316 g/mol. The van der Waals surface area contributed by atoms with Crippen molar-refractivity contribution in [2.45, 2.75) is 32.1 Å². The molecule has 0 unspecified atom stereocenters. The zero-order chi connectivity index (χ0) is 18.1. The van der Waals surface area contributed by atoms with Crippen LogP contribution in [0, 0.1) is 0 Å². The highest BCUT2D eigenvalue weighted by molar-refractivity contribution is 5.54. The molecule has 0 fully saturated rings. The minimum Gasteiger partial charge on any atom is -0.493 e. The quantitative estimate of drug-likeness (QED) is 0.666. The lowest BCUT2D eigenvalue weighted by Gasteiger charge is -2.14. The van der Waals surface area contributed by atoms with Gasteiger partial charge in [-0.15, -0.1) is 0 Å². The molecule has 2 aromatic carbocycles. The molecule has 0 aliphatic carbocycles. The van der Waals surface area contributed by atoms with E-state index in [0.29, 0.717) is 17.2 Å². The van der Waals surface area contributed by atoms with Crippen molar-refractivity contribution in [1.82, 2.24) is 0 Å². The second-order valence-electron chi connectivity index (χ2n) is 6.03. The number of aliphatic hydroxyl groups is 1. The average Bonchev–Trinajstić information content (AvgIpc) is 2.66. The number of hydrogen-bond donors (Lipinski definition) is 1. The smallest absolute Gasteiger partial charge is 0.203 e. The SMILES string of the molecule is COc1cc(CCc2ccc(CCCCO)cc2)cc(OC)c1OC. The van der Waals surface area contributed by atoms with Gasteiger partial charge in [0.1, 0.15) is 0 Å². The van der Waals surface area contributed by atoms with Crippen LogP contribution >= 0.6 is 0 Å². The van der Waals surface area contributed by atoms with E-state index in [1.165, 1.54) is 11.1 Å². The van der Waals surface area contributed by atoms with E-state index in [1.54, 1.807) is 21.3 Å². The molecule has 2 aromatic rings. The molecule has 0 aliphatic rings. The summed E-state index contributed by atoms with van der Waals surface area (Å²) in [6.07, 6.45) is 4.77. The van der Waals surface area contributed by atoms with Gasteiger partial charge in [0.25, 0.3) is 0 Å². The maximum absolute atomic E-state index is 8.85. The maximum Gasteiger partial charge on any atom is 0.203 e. The van der Waals surface area contributed by atoms with Gasteiger partial charge in [-0.25, -0.2) is 0 Å². The van der Waals surface area contributed by atoms with Gasteiger partial charge in [0.05, 0.1) is 21.3 Å². The first-order valence-corrected chi connectivity index (χ1v) is 8.69. The van der Waals surface area contributed by atoms with Crippen LogP contribution < -0.4 is 14.2 Å². The summed E-state index contributed by atoms with van der Waals surface area (Å²) in [6, 6.07) is 12.7. The second kappa shape index (κ2) is 9.94. The van der Waals surface area contributed by atoms with Crippen molar-refractivity contribution >= 4 is 0 Å². The highest BCUT2D eigenvalue weighted by Gasteiger charge is 2.13. The molecule has 0 amide bonds. The van der Waals surface area contributed by atoms with E-state index in [0.717, 1.165) is 37.7 Å². The van der Waals surface area contributed by atoms with E-state index in [-0.39, 0.29) is 6.61 Å². The standard InChI is InChI=1S/C21H28O4/c1-23-19-14-18(15-20(24-2)21(19)25-3)12-11-17-9-7-16(8-10-17)6-4-5-13-22/h7-10,14-15,22H,4-6,11-13H2,1-3H3. The normalized spacial score (nSPS) is 10.6. The molecular formula is C21H28O4. The summed E-state index contributed by atoms with van der Waals surface area (Å²) in [7, 11) is 4.88. The fraction of sp³-hybridized carbons (Fsp3) is 0.429. The molecule has 0 radical (unpaired) electrons. The maximum atomic E-state index is 8.85. The highest BCUT2D eigenvalue weighted by Crippen LogP contribution is 2.38. The Morgan fingerprint density at radius 3 is 1.68 bits per heavy atom. The number of rotatable bonds is 10. The molecule has 0 bridgehead atoms. The Hall–Kier alpha value is -2.20. The van der Waals surface area contributed by atoms with Gasteiger partial charge in [-0.3, -0.25) is 0 Å². The molecule has 0 aromatic heterocycles. The Morgan fingerprint density at radius 2 is 1.20 bits per heavy atom. The number of hydrogen-bond acceptors (Lipinski definition) is 4. The molecule has 0 atom stereocenters. The van der Waals surface area contributed by atoms with Crippen LogP contribution in [0.3, 0.4) is 0 Å². The third kappa shape index (κ3) is 5.40. The van der Waals surface area contributed by atoms with Crippen LogP contribution in [0.15, 0.2) is 36.4 Å². The molecule has 4 heteroatoms. The first kappa shape index (κ1) is 19.1. The highest BCUT2D eigenvalue weighted by atomic mass is 16.5. The zero-order valence-electron chi connectivity index (χ0n) is 15.4. The number of methoxy groups -OCH3 is 3.